The van der Waals surface area contributed by atoms with Gasteiger partial charge in [-0.15, -0.1) is 0 Å². The quantitative estimate of drug-likeness (QED) is 0.773. The Morgan fingerprint density at radius 3 is 2.93 bits per heavy atom. The van der Waals surface area contributed by atoms with Crippen LogP contribution in [0.3, 0.4) is 0 Å². The average Bonchev–Trinajstić information content (AvgIpc) is 2.71. The zero-order chi connectivity index (χ0) is 10.8. The summed E-state index contributed by atoms with van der Waals surface area (Å²) < 4.78 is 0. The summed E-state index contributed by atoms with van der Waals surface area (Å²) in [5, 5.41) is 12.2. The number of aromatic carboxylic acids is 1. The minimum absolute atomic E-state index is 0.391. The van der Waals surface area contributed by atoms with Gasteiger partial charge in [-0.2, -0.15) is 0 Å². The summed E-state index contributed by atoms with van der Waals surface area (Å²) in [6, 6.07) is 5.38. The minimum atomic E-state index is -0.845. The molecule has 3 heteroatoms. The van der Waals surface area contributed by atoms with E-state index in [0.29, 0.717) is 11.5 Å². The van der Waals surface area contributed by atoms with Gasteiger partial charge in [0.05, 0.1) is 5.56 Å². The van der Waals surface area contributed by atoms with E-state index in [4.69, 9.17) is 5.11 Å². The van der Waals surface area contributed by atoms with E-state index in [1.165, 1.54) is 11.1 Å². The molecule has 1 fully saturated rings. The molecule has 1 heterocycles. The van der Waals surface area contributed by atoms with Gasteiger partial charge in [-0.3, -0.25) is 0 Å². The van der Waals surface area contributed by atoms with E-state index in [-0.39, 0.29) is 0 Å². The third-order valence-electron chi connectivity index (χ3n) is 3.03. The van der Waals surface area contributed by atoms with Crippen molar-refractivity contribution in [2.24, 2.45) is 0 Å². The van der Waals surface area contributed by atoms with Crippen molar-refractivity contribution in [2.75, 3.05) is 13.1 Å². The maximum atomic E-state index is 10.9. The molecule has 0 radical (unpaired) electrons. The lowest BCUT2D eigenvalue weighted by Crippen LogP contribution is -2.09. The molecule has 3 nitrogen and oxygen atoms in total. The van der Waals surface area contributed by atoms with E-state index < -0.39 is 5.97 Å². The van der Waals surface area contributed by atoms with Crippen LogP contribution in [0.2, 0.25) is 0 Å². The first-order valence-corrected chi connectivity index (χ1v) is 5.23. The Morgan fingerprint density at radius 2 is 2.33 bits per heavy atom. The van der Waals surface area contributed by atoms with Crippen LogP contribution in [-0.4, -0.2) is 24.2 Å². The van der Waals surface area contributed by atoms with Gasteiger partial charge in [0, 0.05) is 6.54 Å². The Bertz CT molecular complexity index is 381. The second-order valence-corrected chi connectivity index (χ2v) is 4.07. The third-order valence-corrected chi connectivity index (χ3v) is 3.03. The highest BCUT2D eigenvalue weighted by molar-refractivity contribution is 5.87. The Hall–Kier alpha value is -1.35. The van der Waals surface area contributed by atoms with Crippen LogP contribution in [0.4, 0.5) is 0 Å². The van der Waals surface area contributed by atoms with E-state index in [1.54, 1.807) is 6.07 Å². The van der Waals surface area contributed by atoms with Crippen LogP contribution in [0.25, 0.3) is 0 Å². The molecule has 1 aliphatic heterocycles. The van der Waals surface area contributed by atoms with Crippen molar-refractivity contribution in [3.63, 3.8) is 0 Å². The lowest BCUT2D eigenvalue weighted by Gasteiger charge is -2.12. The minimum Gasteiger partial charge on any atom is -0.478 e. The monoisotopic (exact) mass is 205 g/mol. The molecule has 0 saturated carbocycles. The molecule has 2 N–H and O–H groups in total. The van der Waals surface area contributed by atoms with Crippen LogP contribution in [0.1, 0.15) is 33.8 Å². The first kappa shape index (κ1) is 10.2. The van der Waals surface area contributed by atoms with Crippen LogP contribution in [0, 0.1) is 6.92 Å². The van der Waals surface area contributed by atoms with Crippen LogP contribution < -0.4 is 5.32 Å². The summed E-state index contributed by atoms with van der Waals surface area (Å²) in [5.74, 6) is -0.369. The SMILES string of the molecule is Cc1ccc(C(=O)O)cc1[C@@H]1CCNC1. The molecule has 1 aliphatic rings. The van der Waals surface area contributed by atoms with Gasteiger partial charge in [-0.1, -0.05) is 6.07 Å². The van der Waals surface area contributed by atoms with E-state index >= 15 is 0 Å². The number of benzene rings is 1. The van der Waals surface area contributed by atoms with Crippen LogP contribution in [0.15, 0.2) is 18.2 Å². The molecular formula is C12H15NO2. The van der Waals surface area contributed by atoms with E-state index in [1.807, 2.05) is 19.1 Å². The second-order valence-electron chi connectivity index (χ2n) is 4.07. The fraction of sp³-hybridized carbons (Fsp3) is 0.417. The third kappa shape index (κ3) is 2.02. The number of hydrogen-bond donors (Lipinski definition) is 2. The second kappa shape index (κ2) is 4.03. The van der Waals surface area contributed by atoms with Crippen molar-refractivity contribution in [1.29, 1.82) is 0 Å². The molecule has 1 saturated heterocycles. The number of aryl methyl sites for hydroxylation is 1. The maximum absolute atomic E-state index is 10.9. The summed E-state index contributed by atoms with van der Waals surface area (Å²) in [6.07, 6.45) is 1.10. The van der Waals surface area contributed by atoms with Crippen LogP contribution in [-0.2, 0) is 0 Å². The van der Waals surface area contributed by atoms with Crippen molar-refractivity contribution in [1.82, 2.24) is 5.32 Å². The number of nitrogens with one attached hydrogen (secondary N) is 1. The molecule has 15 heavy (non-hydrogen) atoms. The highest BCUT2D eigenvalue weighted by Gasteiger charge is 2.19. The summed E-state index contributed by atoms with van der Waals surface area (Å²) in [5.41, 5.74) is 2.76. The molecule has 2 rings (SSSR count). The topological polar surface area (TPSA) is 49.3 Å². The summed E-state index contributed by atoms with van der Waals surface area (Å²) in [4.78, 5) is 10.9. The fourth-order valence-corrected chi connectivity index (χ4v) is 2.13. The molecule has 0 bridgehead atoms. The van der Waals surface area contributed by atoms with Gasteiger partial charge in [-0.05, 0) is 49.1 Å². The largest absolute Gasteiger partial charge is 0.478 e. The van der Waals surface area contributed by atoms with Gasteiger partial charge >= 0.3 is 5.97 Å². The van der Waals surface area contributed by atoms with E-state index in [0.717, 1.165) is 19.5 Å². The summed E-state index contributed by atoms with van der Waals surface area (Å²) in [7, 11) is 0. The Kier molecular flexibility index (Phi) is 2.73. The van der Waals surface area contributed by atoms with Gasteiger partial charge in [0.2, 0.25) is 0 Å². The Balaban J connectivity index is 2.35. The average molecular weight is 205 g/mol. The molecule has 1 aromatic rings. The number of rotatable bonds is 2. The Morgan fingerprint density at radius 1 is 1.53 bits per heavy atom. The van der Waals surface area contributed by atoms with Gasteiger partial charge in [0.15, 0.2) is 0 Å². The number of carboxylic acid groups (broad SMARTS) is 1. The molecular weight excluding hydrogens is 190 g/mol. The molecule has 0 spiro atoms. The highest BCUT2D eigenvalue weighted by Crippen LogP contribution is 2.26. The number of carbonyl (C=O) groups is 1. The number of hydrogen-bond acceptors (Lipinski definition) is 2. The zero-order valence-electron chi connectivity index (χ0n) is 8.79. The van der Waals surface area contributed by atoms with Crippen molar-refractivity contribution >= 4 is 5.97 Å². The molecule has 1 aromatic carbocycles. The van der Waals surface area contributed by atoms with Crippen molar-refractivity contribution in [2.45, 2.75) is 19.3 Å². The Labute approximate surface area is 89.1 Å². The maximum Gasteiger partial charge on any atom is 0.335 e. The predicted octanol–water partition coefficient (Wildman–Crippen LogP) is 1.77. The van der Waals surface area contributed by atoms with Gasteiger partial charge in [-0.25, -0.2) is 4.79 Å². The van der Waals surface area contributed by atoms with Crippen molar-refractivity contribution in [3.05, 3.63) is 34.9 Å². The van der Waals surface area contributed by atoms with Gasteiger partial charge in [0.1, 0.15) is 0 Å². The number of carboxylic acids is 1. The first-order valence-electron chi connectivity index (χ1n) is 5.23. The van der Waals surface area contributed by atoms with E-state index in [9.17, 15) is 4.79 Å². The highest BCUT2D eigenvalue weighted by atomic mass is 16.4. The molecule has 0 amide bonds. The normalized spacial score (nSPS) is 20.5. The van der Waals surface area contributed by atoms with Gasteiger partial charge < -0.3 is 10.4 Å². The fourth-order valence-electron chi connectivity index (χ4n) is 2.13. The molecule has 0 aromatic heterocycles. The first-order chi connectivity index (χ1) is 7.18. The van der Waals surface area contributed by atoms with Crippen LogP contribution in [0.5, 0.6) is 0 Å². The molecule has 0 unspecified atom stereocenters. The lowest BCUT2D eigenvalue weighted by molar-refractivity contribution is 0.0696. The molecule has 80 valence electrons. The summed E-state index contributed by atoms with van der Waals surface area (Å²) in [6.45, 7) is 4.03. The zero-order valence-corrected chi connectivity index (χ0v) is 8.79. The van der Waals surface area contributed by atoms with Crippen LogP contribution >= 0.6 is 0 Å². The van der Waals surface area contributed by atoms with Crippen molar-refractivity contribution < 1.29 is 9.90 Å². The molecule has 1 atom stereocenters. The smallest absolute Gasteiger partial charge is 0.335 e. The predicted molar refractivity (Wildman–Crippen MR) is 58.4 cm³/mol. The molecule has 0 aliphatic carbocycles. The van der Waals surface area contributed by atoms with Crippen molar-refractivity contribution in [3.8, 4) is 0 Å². The summed E-state index contributed by atoms with van der Waals surface area (Å²) >= 11 is 0. The standard InChI is InChI=1S/C12H15NO2/c1-8-2-3-9(12(14)15)6-11(8)10-4-5-13-7-10/h2-3,6,10,13H,4-5,7H2,1H3,(H,14,15)/t10-/m1/s1. The van der Waals surface area contributed by atoms with E-state index in [2.05, 4.69) is 5.32 Å². The lowest BCUT2D eigenvalue weighted by atomic mass is 9.92. The van der Waals surface area contributed by atoms with Gasteiger partial charge in [0.25, 0.3) is 0 Å².